The molecule has 1 atom stereocenters. The molecule has 2 aromatic rings. The van der Waals surface area contributed by atoms with Crippen LogP contribution in [0.25, 0.3) is 0 Å². The minimum absolute atomic E-state index is 0.261. The van der Waals surface area contributed by atoms with Crippen molar-refractivity contribution in [1.82, 2.24) is 10.2 Å². The molecule has 6 heteroatoms. The molecule has 0 radical (unpaired) electrons. The Morgan fingerprint density at radius 3 is 2.26 bits per heavy atom. The summed E-state index contributed by atoms with van der Waals surface area (Å²) in [5.74, 6) is 0.516. The van der Waals surface area contributed by atoms with Crippen LogP contribution in [-0.4, -0.2) is 29.2 Å². The minimum Gasteiger partial charge on any atom is -0.466 e. The fourth-order valence-electron chi connectivity index (χ4n) is 3.64. The number of imide groups is 1. The Balaban J connectivity index is 1.89. The van der Waals surface area contributed by atoms with Crippen LogP contribution < -0.4 is 5.32 Å². The topological polar surface area (TPSA) is 79.6 Å². The molecule has 1 fully saturated rings. The highest BCUT2D eigenvalue weighted by Gasteiger charge is 2.51. The van der Waals surface area contributed by atoms with Crippen molar-refractivity contribution in [2.24, 2.45) is 0 Å². The molecule has 1 saturated heterocycles. The molecule has 0 spiro atoms. The lowest BCUT2D eigenvalue weighted by molar-refractivity contribution is -0.130. The van der Waals surface area contributed by atoms with E-state index in [0.29, 0.717) is 22.6 Å². The number of benzene rings is 1. The standard InChI is InChI=1S/C21H24N2O4/c1-11-7-13(3)16(8-12(11)2)18(24)10-23-19(25)21(6,22-20(23)26)17-9-14(4)27-15(17)5/h7-9H,10H2,1-6H3,(H,22,26). The number of amides is 3. The van der Waals surface area contributed by atoms with E-state index < -0.39 is 17.5 Å². The van der Waals surface area contributed by atoms with E-state index in [0.717, 1.165) is 21.6 Å². The summed E-state index contributed by atoms with van der Waals surface area (Å²) in [6.07, 6.45) is 0. The lowest BCUT2D eigenvalue weighted by atomic mass is 9.92. The number of carbonyl (C=O) groups is 3. The molecule has 6 nitrogen and oxygen atoms in total. The Bertz CT molecular complexity index is 973. The number of Topliss-reactive ketones (excluding diaryl/α,β-unsaturated/α-hetero) is 1. The summed E-state index contributed by atoms with van der Waals surface area (Å²) < 4.78 is 5.51. The highest BCUT2D eigenvalue weighted by atomic mass is 16.3. The van der Waals surface area contributed by atoms with Crippen LogP contribution in [0.15, 0.2) is 22.6 Å². The summed E-state index contributed by atoms with van der Waals surface area (Å²) in [5.41, 5.74) is 2.82. The van der Waals surface area contributed by atoms with Gasteiger partial charge in [-0.2, -0.15) is 0 Å². The molecule has 1 aromatic carbocycles. The van der Waals surface area contributed by atoms with Crippen molar-refractivity contribution < 1.29 is 18.8 Å². The average molecular weight is 368 g/mol. The van der Waals surface area contributed by atoms with Crippen LogP contribution in [0.3, 0.4) is 0 Å². The lowest BCUT2D eigenvalue weighted by Crippen LogP contribution is -2.41. The van der Waals surface area contributed by atoms with Crippen LogP contribution in [0.4, 0.5) is 4.79 Å². The second-order valence-corrected chi connectivity index (χ2v) is 7.45. The fraction of sp³-hybridized carbons (Fsp3) is 0.381. The fourth-order valence-corrected chi connectivity index (χ4v) is 3.64. The number of hydrogen-bond acceptors (Lipinski definition) is 4. The molecule has 1 N–H and O–H groups in total. The van der Waals surface area contributed by atoms with E-state index in [1.54, 1.807) is 26.8 Å². The smallest absolute Gasteiger partial charge is 0.325 e. The summed E-state index contributed by atoms with van der Waals surface area (Å²) in [5, 5.41) is 2.72. The highest BCUT2D eigenvalue weighted by molar-refractivity contribution is 6.11. The number of furan rings is 1. The SMILES string of the molecule is Cc1cc(C2(C)NC(=O)N(CC(=O)c3cc(C)c(C)cc3C)C2=O)c(C)o1. The van der Waals surface area contributed by atoms with Gasteiger partial charge in [0.2, 0.25) is 0 Å². The largest absolute Gasteiger partial charge is 0.466 e. The van der Waals surface area contributed by atoms with Crippen molar-refractivity contribution >= 4 is 17.7 Å². The van der Waals surface area contributed by atoms with Gasteiger partial charge in [-0.1, -0.05) is 6.07 Å². The van der Waals surface area contributed by atoms with Gasteiger partial charge in [0, 0.05) is 11.1 Å². The quantitative estimate of drug-likeness (QED) is 0.662. The number of hydrogen-bond donors (Lipinski definition) is 1. The van der Waals surface area contributed by atoms with E-state index in [-0.39, 0.29) is 12.3 Å². The van der Waals surface area contributed by atoms with Crippen molar-refractivity contribution in [3.63, 3.8) is 0 Å². The van der Waals surface area contributed by atoms with Gasteiger partial charge >= 0.3 is 6.03 Å². The first kappa shape index (κ1) is 18.9. The average Bonchev–Trinajstić information content (AvgIpc) is 3.03. The van der Waals surface area contributed by atoms with Gasteiger partial charge in [0.05, 0.1) is 6.54 Å². The number of ketones is 1. The van der Waals surface area contributed by atoms with Gasteiger partial charge in [0.15, 0.2) is 5.78 Å². The maximum absolute atomic E-state index is 13.0. The first-order valence-corrected chi connectivity index (χ1v) is 8.87. The molecule has 1 aliphatic heterocycles. The number of nitrogens with one attached hydrogen (secondary N) is 1. The van der Waals surface area contributed by atoms with Gasteiger partial charge in [-0.25, -0.2) is 4.79 Å². The van der Waals surface area contributed by atoms with Crippen molar-refractivity contribution in [1.29, 1.82) is 0 Å². The second-order valence-electron chi connectivity index (χ2n) is 7.45. The van der Waals surface area contributed by atoms with Gasteiger partial charge in [-0.15, -0.1) is 0 Å². The summed E-state index contributed by atoms with van der Waals surface area (Å²) in [6.45, 7) is 10.6. The van der Waals surface area contributed by atoms with Gasteiger partial charge in [-0.05, 0) is 70.4 Å². The Labute approximate surface area is 158 Å². The van der Waals surface area contributed by atoms with Crippen molar-refractivity contribution in [2.45, 2.75) is 47.1 Å². The van der Waals surface area contributed by atoms with Gasteiger partial charge in [0.1, 0.15) is 17.1 Å². The number of carbonyl (C=O) groups excluding carboxylic acids is 3. The van der Waals surface area contributed by atoms with Gasteiger partial charge in [-0.3, -0.25) is 14.5 Å². The molecule has 3 amide bonds. The normalized spacial score (nSPS) is 19.6. The molecule has 0 bridgehead atoms. The van der Waals surface area contributed by atoms with E-state index in [4.69, 9.17) is 4.42 Å². The van der Waals surface area contributed by atoms with E-state index in [2.05, 4.69) is 5.32 Å². The second kappa shape index (κ2) is 6.37. The number of nitrogens with zero attached hydrogens (tertiary/aromatic N) is 1. The first-order chi connectivity index (χ1) is 12.5. The van der Waals surface area contributed by atoms with Crippen LogP contribution in [0, 0.1) is 34.6 Å². The predicted molar refractivity (Wildman–Crippen MR) is 101 cm³/mol. The number of aryl methyl sites for hydroxylation is 5. The summed E-state index contributed by atoms with van der Waals surface area (Å²) >= 11 is 0. The number of urea groups is 1. The zero-order valence-corrected chi connectivity index (χ0v) is 16.5. The molecule has 142 valence electrons. The van der Waals surface area contributed by atoms with Crippen molar-refractivity contribution in [3.05, 3.63) is 57.5 Å². The maximum Gasteiger partial charge on any atom is 0.325 e. The molecule has 1 aromatic heterocycles. The summed E-state index contributed by atoms with van der Waals surface area (Å²) in [4.78, 5) is 39.3. The van der Waals surface area contributed by atoms with E-state index in [1.165, 1.54) is 0 Å². The Kier molecular flexibility index (Phi) is 4.46. The maximum atomic E-state index is 13.0. The van der Waals surface area contributed by atoms with Crippen LogP contribution in [-0.2, 0) is 10.3 Å². The van der Waals surface area contributed by atoms with Gasteiger partial charge in [0.25, 0.3) is 5.91 Å². The zero-order valence-electron chi connectivity index (χ0n) is 16.5. The Morgan fingerprint density at radius 2 is 1.67 bits per heavy atom. The van der Waals surface area contributed by atoms with Crippen LogP contribution >= 0.6 is 0 Å². The Hall–Kier alpha value is -2.89. The molecule has 3 rings (SSSR count). The van der Waals surface area contributed by atoms with Gasteiger partial charge < -0.3 is 9.73 Å². The van der Waals surface area contributed by atoms with E-state index >= 15 is 0 Å². The molecular weight excluding hydrogens is 344 g/mol. The number of rotatable bonds is 4. The third-order valence-corrected chi connectivity index (χ3v) is 5.30. The van der Waals surface area contributed by atoms with E-state index in [1.807, 2.05) is 32.9 Å². The molecule has 1 unspecified atom stereocenters. The summed E-state index contributed by atoms with van der Waals surface area (Å²) in [6, 6.07) is 4.92. The third kappa shape index (κ3) is 3.05. The molecule has 0 aliphatic carbocycles. The van der Waals surface area contributed by atoms with Crippen LogP contribution in [0.5, 0.6) is 0 Å². The first-order valence-electron chi connectivity index (χ1n) is 8.87. The third-order valence-electron chi connectivity index (χ3n) is 5.30. The molecule has 2 heterocycles. The lowest BCUT2D eigenvalue weighted by Gasteiger charge is -2.21. The van der Waals surface area contributed by atoms with Crippen LogP contribution in [0.2, 0.25) is 0 Å². The predicted octanol–water partition coefficient (Wildman–Crippen LogP) is 3.47. The molecule has 1 aliphatic rings. The van der Waals surface area contributed by atoms with E-state index in [9.17, 15) is 14.4 Å². The van der Waals surface area contributed by atoms with Crippen molar-refractivity contribution in [2.75, 3.05) is 6.54 Å². The zero-order chi connectivity index (χ0) is 20.1. The summed E-state index contributed by atoms with van der Waals surface area (Å²) in [7, 11) is 0. The monoisotopic (exact) mass is 368 g/mol. The molecule has 27 heavy (non-hydrogen) atoms. The molecule has 0 saturated carbocycles. The minimum atomic E-state index is -1.24. The van der Waals surface area contributed by atoms with Crippen molar-refractivity contribution in [3.8, 4) is 0 Å². The highest BCUT2D eigenvalue weighted by Crippen LogP contribution is 2.33. The molecular formula is C21H24N2O4. The Morgan fingerprint density at radius 1 is 1.04 bits per heavy atom. The van der Waals surface area contributed by atoms with Crippen LogP contribution in [0.1, 0.15) is 51.1 Å².